The lowest BCUT2D eigenvalue weighted by atomic mass is 10.1. The van der Waals surface area contributed by atoms with Crippen molar-refractivity contribution < 1.29 is 33.7 Å². The second-order valence-corrected chi connectivity index (χ2v) is 4.70. The second kappa shape index (κ2) is 7.22. The monoisotopic (exact) mass is 319 g/mol. The maximum Gasteiger partial charge on any atom is 0.325 e. The van der Waals surface area contributed by atoms with Crippen LogP contribution in [0.4, 0.5) is 4.79 Å². The molecule has 2 N–H and O–H groups in total. The fourth-order valence-electron chi connectivity index (χ4n) is 2.37. The van der Waals surface area contributed by atoms with Crippen LogP contribution in [0.15, 0.2) is 0 Å². The molecular weight excluding hydrogens is 302 g/mol. The Morgan fingerprint density at radius 1 is 1.32 bits per heavy atom. The molecule has 2 amide bonds. The lowest BCUT2D eigenvalue weighted by Gasteiger charge is -2.17. The summed E-state index contributed by atoms with van der Waals surface area (Å²) in [7, 11) is 0. The first-order chi connectivity index (χ1) is 10.5. The van der Waals surface area contributed by atoms with Crippen molar-refractivity contribution >= 4 is 12.0 Å². The molecule has 2 heterocycles. The van der Waals surface area contributed by atoms with E-state index >= 15 is 0 Å². The summed E-state index contributed by atoms with van der Waals surface area (Å²) in [6, 6.07) is -1.06. The maximum absolute atomic E-state index is 11.7. The van der Waals surface area contributed by atoms with Gasteiger partial charge in [-0.3, -0.25) is 4.79 Å². The van der Waals surface area contributed by atoms with E-state index in [0.29, 0.717) is 0 Å². The molecule has 0 unspecified atom stereocenters. The molecule has 22 heavy (non-hydrogen) atoms. The number of ether oxygens (including phenoxy) is 3. The number of esters is 1. The topological polar surface area (TPSA) is 138 Å². The SMILES string of the molecule is CCOC(=O)CNC(=O)N[C@H]1CO[C@H]2[C@@H]1OC[C@H]2O[N+](=O)[O-]. The Hall–Kier alpha value is -2.14. The van der Waals surface area contributed by atoms with Crippen molar-refractivity contribution in [1.29, 1.82) is 0 Å². The number of hydrogen-bond acceptors (Lipinski definition) is 8. The van der Waals surface area contributed by atoms with E-state index in [9.17, 15) is 19.7 Å². The van der Waals surface area contributed by atoms with Gasteiger partial charge in [-0.2, -0.15) is 0 Å². The van der Waals surface area contributed by atoms with Gasteiger partial charge in [-0.25, -0.2) is 4.79 Å². The zero-order valence-electron chi connectivity index (χ0n) is 11.9. The molecular formula is C11H17N3O8. The summed E-state index contributed by atoms with van der Waals surface area (Å²) in [5.74, 6) is -0.547. The Bertz CT molecular complexity index is 445. The van der Waals surface area contributed by atoms with Gasteiger partial charge in [-0.15, -0.1) is 10.1 Å². The van der Waals surface area contributed by atoms with Crippen molar-refractivity contribution in [1.82, 2.24) is 10.6 Å². The fourth-order valence-corrected chi connectivity index (χ4v) is 2.37. The van der Waals surface area contributed by atoms with Crippen LogP contribution in [0.1, 0.15) is 6.92 Å². The standard InChI is InChI=1S/C11H17N3O8/c1-2-19-8(15)3-12-11(16)13-6-4-20-10-7(22-14(17)18)5-21-9(6)10/h6-7,9-10H,2-5H2,1H3,(H2,12,13,16)/t6-,7+,9+,10+/m0/s1. The van der Waals surface area contributed by atoms with Crippen LogP contribution < -0.4 is 10.6 Å². The summed E-state index contributed by atoms with van der Waals surface area (Å²) in [6.07, 6.45) is -1.95. The zero-order valence-corrected chi connectivity index (χ0v) is 11.9. The number of hydrogen-bond donors (Lipinski definition) is 2. The van der Waals surface area contributed by atoms with Crippen LogP contribution in [0.2, 0.25) is 0 Å². The summed E-state index contributed by atoms with van der Waals surface area (Å²) in [5.41, 5.74) is 0. The number of rotatable bonds is 6. The molecule has 0 aromatic heterocycles. The average Bonchev–Trinajstić information content (AvgIpc) is 3.01. The zero-order chi connectivity index (χ0) is 16.1. The number of urea groups is 1. The number of fused-ring (bicyclic) bond motifs is 1. The van der Waals surface area contributed by atoms with E-state index in [1.54, 1.807) is 6.92 Å². The van der Waals surface area contributed by atoms with Crippen molar-refractivity contribution in [3.05, 3.63) is 10.1 Å². The van der Waals surface area contributed by atoms with Crippen molar-refractivity contribution in [2.75, 3.05) is 26.4 Å². The van der Waals surface area contributed by atoms with Gasteiger partial charge >= 0.3 is 12.0 Å². The van der Waals surface area contributed by atoms with Crippen molar-refractivity contribution in [2.45, 2.75) is 31.3 Å². The highest BCUT2D eigenvalue weighted by molar-refractivity contribution is 5.80. The molecule has 2 aliphatic rings. The Kier molecular flexibility index (Phi) is 5.33. The molecule has 0 radical (unpaired) electrons. The molecule has 2 fully saturated rings. The lowest BCUT2D eigenvalue weighted by molar-refractivity contribution is -0.769. The van der Waals surface area contributed by atoms with E-state index < -0.39 is 41.4 Å². The number of carbonyl (C=O) groups excluding carboxylic acids is 2. The number of carbonyl (C=O) groups is 2. The first-order valence-corrected chi connectivity index (χ1v) is 6.75. The predicted molar refractivity (Wildman–Crippen MR) is 68.3 cm³/mol. The Morgan fingerprint density at radius 3 is 2.73 bits per heavy atom. The van der Waals surface area contributed by atoms with E-state index in [0.717, 1.165) is 0 Å². The minimum Gasteiger partial charge on any atom is -0.465 e. The third-order valence-electron chi connectivity index (χ3n) is 3.24. The molecule has 0 spiro atoms. The molecule has 2 aliphatic heterocycles. The van der Waals surface area contributed by atoms with Gasteiger partial charge in [-0.05, 0) is 6.92 Å². The number of amides is 2. The average molecular weight is 319 g/mol. The van der Waals surface area contributed by atoms with Crippen LogP contribution in [0.5, 0.6) is 0 Å². The highest BCUT2D eigenvalue weighted by Crippen LogP contribution is 2.28. The van der Waals surface area contributed by atoms with E-state index in [1.165, 1.54) is 0 Å². The van der Waals surface area contributed by atoms with Crippen LogP contribution in [0.25, 0.3) is 0 Å². The molecule has 0 bridgehead atoms. The molecule has 0 aliphatic carbocycles. The molecule has 11 heteroatoms. The molecule has 2 rings (SSSR count). The normalized spacial score (nSPS) is 29.5. The van der Waals surface area contributed by atoms with Gasteiger partial charge in [0.05, 0.1) is 25.9 Å². The quantitative estimate of drug-likeness (QED) is 0.346. The number of nitrogens with one attached hydrogen (secondary N) is 2. The Balaban J connectivity index is 1.77. The summed E-state index contributed by atoms with van der Waals surface area (Å²) in [4.78, 5) is 37.6. The van der Waals surface area contributed by atoms with E-state index in [1.807, 2.05) is 0 Å². The summed E-state index contributed by atoms with van der Waals surface area (Å²) in [5, 5.41) is 14.4. The van der Waals surface area contributed by atoms with E-state index in [2.05, 4.69) is 20.2 Å². The van der Waals surface area contributed by atoms with Crippen LogP contribution in [-0.4, -0.2) is 67.8 Å². The molecule has 4 atom stereocenters. The molecule has 2 saturated heterocycles. The van der Waals surface area contributed by atoms with Crippen molar-refractivity contribution in [3.8, 4) is 0 Å². The molecule has 124 valence electrons. The number of nitrogens with zero attached hydrogens (tertiary/aromatic N) is 1. The lowest BCUT2D eigenvalue weighted by Crippen LogP contribution is -2.49. The van der Waals surface area contributed by atoms with Crippen LogP contribution in [0.3, 0.4) is 0 Å². The van der Waals surface area contributed by atoms with Gasteiger partial charge in [0.2, 0.25) is 0 Å². The summed E-state index contributed by atoms with van der Waals surface area (Å²) >= 11 is 0. The van der Waals surface area contributed by atoms with Gasteiger partial charge in [0, 0.05) is 0 Å². The predicted octanol–water partition coefficient (Wildman–Crippen LogP) is -1.41. The summed E-state index contributed by atoms with van der Waals surface area (Å²) in [6.45, 7) is 1.79. The third kappa shape index (κ3) is 3.95. The van der Waals surface area contributed by atoms with Crippen molar-refractivity contribution in [3.63, 3.8) is 0 Å². The highest BCUT2D eigenvalue weighted by Gasteiger charge is 2.49. The van der Waals surface area contributed by atoms with Crippen LogP contribution >= 0.6 is 0 Å². The van der Waals surface area contributed by atoms with Crippen LogP contribution in [0, 0.1) is 10.1 Å². The smallest absolute Gasteiger partial charge is 0.325 e. The van der Waals surface area contributed by atoms with Gasteiger partial charge in [0.25, 0.3) is 5.09 Å². The highest BCUT2D eigenvalue weighted by atomic mass is 17.0. The van der Waals surface area contributed by atoms with Crippen LogP contribution in [-0.2, 0) is 23.8 Å². The van der Waals surface area contributed by atoms with Crippen molar-refractivity contribution in [2.24, 2.45) is 0 Å². The minimum absolute atomic E-state index is 0.0128. The fraction of sp³-hybridized carbons (Fsp3) is 0.818. The van der Waals surface area contributed by atoms with E-state index in [-0.39, 0.29) is 26.4 Å². The first kappa shape index (κ1) is 16.2. The van der Waals surface area contributed by atoms with Gasteiger partial charge < -0.3 is 29.7 Å². The molecule has 0 aromatic rings. The Morgan fingerprint density at radius 2 is 2.05 bits per heavy atom. The molecule has 0 saturated carbocycles. The first-order valence-electron chi connectivity index (χ1n) is 6.75. The Labute approximate surface area is 125 Å². The minimum atomic E-state index is -0.896. The second-order valence-electron chi connectivity index (χ2n) is 4.70. The van der Waals surface area contributed by atoms with Gasteiger partial charge in [-0.1, -0.05) is 0 Å². The molecule has 11 nitrogen and oxygen atoms in total. The molecule has 0 aromatic carbocycles. The van der Waals surface area contributed by atoms with Gasteiger partial charge in [0.15, 0.2) is 6.10 Å². The largest absolute Gasteiger partial charge is 0.465 e. The van der Waals surface area contributed by atoms with Gasteiger partial charge in [0.1, 0.15) is 18.8 Å². The van der Waals surface area contributed by atoms with E-state index in [4.69, 9.17) is 9.47 Å². The third-order valence-corrected chi connectivity index (χ3v) is 3.24. The summed E-state index contributed by atoms with van der Waals surface area (Å²) < 4.78 is 15.4. The maximum atomic E-state index is 11.7.